The van der Waals surface area contributed by atoms with E-state index in [9.17, 15) is 15.0 Å². The van der Waals surface area contributed by atoms with E-state index in [4.69, 9.17) is 23.7 Å². The zero-order valence-corrected chi connectivity index (χ0v) is 18.2. The number of carboxylic acid groups (broad SMARTS) is 1. The van der Waals surface area contributed by atoms with Crippen molar-refractivity contribution in [2.75, 3.05) is 19.8 Å². The normalized spacial score (nSPS) is 22.7. The van der Waals surface area contributed by atoms with Crippen molar-refractivity contribution >= 4 is 5.97 Å². The van der Waals surface area contributed by atoms with Crippen LogP contribution in [0.25, 0.3) is 0 Å². The van der Waals surface area contributed by atoms with Crippen molar-refractivity contribution in [1.82, 2.24) is 0 Å². The maximum atomic E-state index is 11.7. The Kier molecular flexibility index (Phi) is 7.36. The van der Waals surface area contributed by atoms with Crippen LogP contribution in [0.15, 0.2) is 66.8 Å². The number of carbonyl (C=O) groups is 1. The standard InChI is InChI=1S/C25H28O8/c26-20(16-30-23-17-31-22(33-23)13-18-6-2-1-3-7-18)15-29-21-9-4-8-19(12-21)14-25(24(27)28)10-5-11-32-25/h1-4,6-9,12,17,20,22,26H,5,10-11,13-16H2,(H,27,28)/t20-,22?,25?/m1/s1. The average molecular weight is 456 g/mol. The summed E-state index contributed by atoms with van der Waals surface area (Å²) in [5.41, 5.74) is 0.705. The van der Waals surface area contributed by atoms with E-state index in [2.05, 4.69) is 0 Å². The quantitative estimate of drug-likeness (QED) is 0.532. The van der Waals surface area contributed by atoms with Crippen molar-refractivity contribution in [3.63, 3.8) is 0 Å². The van der Waals surface area contributed by atoms with Crippen LogP contribution < -0.4 is 4.74 Å². The average Bonchev–Trinajstić information content (AvgIpc) is 3.48. The molecule has 3 atom stereocenters. The molecule has 33 heavy (non-hydrogen) atoms. The van der Waals surface area contributed by atoms with Gasteiger partial charge in [0.25, 0.3) is 0 Å². The molecule has 1 fully saturated rings. The number of aliphatic carboxylic acids is 1. The highest BCUT2D eigenvalue weighted by Crippen LogP contribution is 2.31. The summed E-state index contributed by atoms with van der Waals surface area (Å²) in [5.74, 6) is -0.197. The molecule has 1 saturated heterocycles. The summed E-state index contributed by atoms with van der Waals surface area (Å²) in [6, 6.07) is 17.0. The maximum absolute atomic E-state index is 11.7. The maximum Gasteiger partial charge on any atom is 0.336 e. The van der Waals surface area contributed by atoms with Crippen molar-refractivity contribution in [2.24, 2.45) is 0 Å². The van der Waals surface area contributed by atoms with E-state index in [1.807, 2.05) is 36.4 Å². The first-order valence-electron chi connectivity index (χ1n) is 11.0. The summed E-state index contributed by atoms with van der Waals surface area (Å²) in [5, 5.41) is 19.8. The van der Waals surface area contributed by atoms with Gasteiger partial charge in [-0.1, -0.05) is 42.5 Å². The molecule has 8 heteroatoms. The van der Waals surface area contributed by atoms with Crippen molar-refractivity contribution in [3.05, 3.63) is 77.9 Å². The number of hydrogen-bond donors (Lipinski definition) is 2. The lowest BCUT2D eigenvalue weighted by molar-refractivity contribution is -0.159. The van der Waals surface area contributed by atoms with Gasteiger partial charge in [-0.15, -0.1) is 0 Å². The number of aliphatic hydroxyl groups excluding tert-OH is 1. The Hall–Kier alpha value is -3.23. The molecule has 2 aromatic carbocycles. The fourth-order valence-electron chi connectivity index (χ4n) is 3.86. The van der Waals surface area contributed by atoms with E-state index >= 15 is 0 Å². The molecular weight excluding hydrogens is 428 g/mol. The zero-order chi connectivity index (χ0) is 23.1. The molecule has 2 aliphatic heterocycles. The smallest absolute Gasteiger partial charge is 0.336 e. The molecule has 2 aromatic rings. The third kappa shape index (κ3) is 6.18. The fourth-order valence-corrected chi connectivity index (χ4v) is 3.86. The van der Waals surface area contributed by atoms with Gasteiger partial charge in [0.2, 0.25) is 6.29 Å². The van der Waals surface area contributed by atoms with Gasteiger partial charge in [0.15, 0.2) is 11.9 Å². The van der Waals surface area contributed by atoms with Gasteiger partial charge in [-0.3, -0.25) is 0 Å². The molecule has 0 spiro atoms. The van der Waals surface area contributed by atoms with E-state index in [-0.39, 0.29) is 25.6 Å². The van der Waals surface area contributed by atoms with E-state index in [0.717, 1.165) is 17.5 Å². The molecule has 4 rings (SSSR count). The third-order valence-electron chi connectivity index (χ3n) is 5.55. The first kappa shape index (κ1) is 22.9. The second kappa shape index (κ2) is 10.6. The van der Waals surface area contributed by atoms with Crippen LogP contribution in [0.5, 0.6) is 5.75 Å². The molecule has 176 valence electrons. The lowest BCUT2D eigenvalue weighted by atomic mass is 9.91. The minimum atomic E-state index is -1.18. The van der Waals surface area contributed by atoms with Crippen molar-refractivity contribution in [1.29, 1.82) is 0 Å². The number of carboxylic acids is 1. The summed E-state index contributed by atoms with van der Waals surface area (Å²) in [7, 11) is 0. The Morgan fingerprint density at radius 1 is 1.09 bits per heavy atom. The SMILES string of the molecule is O=C(O)C1(Cc2cccc(OC[C@@H](O)COC3=COC(Cc4ccccc4)O3)c2)CCCO1. The summed E-state index contributed by atoms with van der Waals surface area (Å²) < 4.78 is 27.7. The summed E-state index contributed by atoms with van der Waals surface area (Å²) in [6.07, 6.45) is 2.10. The van der Waals surface area contributed by atoms with Crippen LogP contribution in [-0.4, -0.2) is 54.0 Å². The second-order valence-electron chi connectivity index (χ2n) is 8.16. The molecular formula is C25H28O8. The molecule has 0 bridgehead atoms. The zero-order valence-electron chi connectivity index (χ0n) is 18.2. The second-order valence-corrected chi connectivity index (χ2v) is 8.16. The first-order valence-corrected chi connectivity index (χ1v) is 11.0. The fraction of sp³-hybridized carbons (Fsp3) is 0.400. The summed E-state index contributed by atoms with van der Waals surface area (Å²) in [6.45, 7) is 0.432. The van der Waals surface area contributed by atoms with E-state index in [1.165, 1.54) is 6.26 Å². The van der Waals surface area contributed by atoms with E-state index < -0.39 is 24.0 Å². The van der Waals surface area contributed by atoms with E-state index in [0.29, 0.717) is 25.2 Å². The molecule has 0 aromatic heterocycles. The lowest BCUT2D eigenvalue weighted by Gasteiger charge is -2.23. The predicted molar refractivity (Wildman–Crippen MR) is 117 cm³/mol. The lowest BCUT2D eigenvalue weighted by Crippen LogP contribution is -2.40. The Morgan fingerprint density at radius 3 is 2.64 bits per heavy atom. The summed E-state index contributed by atoms with van der Waals surface area (Å²) in [4.78, 5) is 11.7. The Balaban J connectivity index is 1.20. The van der Waals surface area contributed by atoms with E-state index in [1.54, 1.807) is 18.2 Å². The van der Waals surface area contributed by atoms with Crippen molar-refractivity contribution in [3.8, 4) is 5.75 Å². The van der Waals surface area contributed by atoms with Gasteiger partial charge in [0, 0.05) is 19.4 Å². The van der Waals surface area contributed by atoms with Gasteiger partial charge in [-0.05, 0) is 36.1 Å². The minimum Gasteiger partial charge on any atom is -0.491 e. The monoisotopic (exact) mass is 456 g/mol. The van der Waals surface area contributed by atoms with Crippen LogP contribution in [0.2, 0.25) is 0 Å². The van der Waals surface area contributed by atoms with Crippen LogP contribution in [0.1, 0.15) is 24.0 Å². The molecule has 0 saturated carbocycles. The number of benzene rings is 2. The van der Waals surface area contributed by atoms with Gasteiger partial charge in [-0.2, -0.15) is 0 Å². The van der Waals surface area contributed by atoms with Gasteiger partial charge in [-0.25, -0.2) is 4.79 Å². The van der Waals surface area contributed by atoms with Crippen LogP contribution in [-0.2, 0) is 36.6 Å². The highest BCUT2D eigenvalue weighted by atomic mass is 16.8. The number of rotatable bonds is 11. The number of aliphatic hydroxyl groups is 1. The highest BCUT2D eigenvalue weighted by molar-refractivity contribution is 5.78. The molecule has 2 unspecified atom stereocenters. The Bertz CT molecular complexity index is 952. The molecule has 2 N–H and O–H groups in total. The van der Waals surface area contributed by atoms with Crippen molar-refractivity contribution < 1.29 is 38.7 Å². The molecule has 0 radical (unpaired) electrons. The van der Waals surface area contributed by atoms with Gasteiger partial charge in [0.1, 0.15) is 25.1 Å². The van der Waals surface area contributed by atoms with Gasteiger partial charge in [0.05, 0.1) is 0 Å². The van der Waals surface area contributed by atoms with Gasteiger partial charge >= 0.3 is 11.9 Å². The first-order chi connectivity index (χ1) is 16.0. The molecule has 2 heterocycles. The summed E-state index contributed by atoms with van der Waals surface area (Å²) >= 11 is 0. The topological polar surface area (TPSA) is 104 Å². The minimum absolute atomic E-state index is 0.00556. The number of ether oxygens (including phenoxy) is 5. The van der Waals surface area contributed by atoms with Crippen LogP contribution in [0.4, 0.5) is 0 Å². The molecule has 0 amide bonds. The van der Waals surface area contributed by atoms with Crippen LogP contribution in [0.3, 0.4) is 0 Å². The highest BCUT2D eigenvalue weighted by Gasteiger charge is 2.42. The largest absolute Gasteiger partial charge is 0.491 e. The Morgan fingerprint density at radius 2 is 1.88 bits per heavy atom. The predicted octanol–water partition coefficient (Wildman–Crippen LogP) is 3.03. The molecule has 8 nitrogen and oxygen atoms in total. The molecule has 0 aliphatic carbocycles. The Labute approximate surface area is 192 Å². The van der Waals surface area contributed by atoms with Crippen LogP contribution >= 0.6 is 0 Å². The number of hydrogen-bond acceptors (Lipinski definition) is 7. The van der Waals surface area contributed by atoms with Crippen LogP contribution in [0, 0.1) is 0 Å². The molecule has 2 aliphatic rings. The third-order valence-corrected chi connectivity index (χ3v) is 5.55. The van der Waals surface area contributed by atoms with Gasteiger partial charge < -0.3 is 33.9 Å². The van der Waals surface area contributed by atoms with Crippen molar-refractivity contribution in [2.45, 2.75) is 43.7 Å².